The third-order valence-corrected chi connectivity index (χ3v) is 3.32. The van der Waals surface area contributed by atoms with Crippen LogP contribution in [0.1, 0.15) is 25.7 Å². The summed E-state index contributed by atoms with van der Waals surface area (Å²) in [6.07, 6.45) is 3.00. The van der Waals surface area contributed by atoms with Gasteiger partial charge in [0.2, 0.25) is 0 Å². The normalized spacial score (nSPS) is 36.4. The maximum Gasteiger partial charge on any atom is 0.306 e. The van der Waals surface area contributed by atoms with Gasteiger partial charge in [-0.1, -0.05) is 6.42 Å². The Balaban J connectivity index is 1.85. The lowest BCUT2D eigenvalue weighted by molar-refractivity contribution is -0.142. The maximum absolute atomic E-state index is 10.6. The predicted molar refractivity (Wildman–Crippen MR) is 57.1 cm³/mol. The molecule has 2 aliphatic rings. The molecular weight excluding hydrogens is 210 g/mol. The third kappa shape index (κ3) is 2.72. The molecule has 0 aromatic heterocycles. The van der Waals surface area contributed by atoms with Gasteiger partial charge >= 0.3 is 5.97 Å². The first-order valence-electron chi connectivity index (χ1n) is 5.86. The number of carboxylic acid groups (broad SMARTS) is 1. The molecule has 2 saturated heterocycles. The van der Waals surface area contributed by atoms with E-state index < -0.39 is 5.97 Å². The molecule has 3 unspecified atom stereocenters. The van der Waals surface area contributed by atoms with Crippen LogP contribution in [0, 0.1) is 0 Å². The summed E-state index contributed by atoms with van der Waals surface area (Å²) < 4.78 is 11.2. The smallest absolute Gasteiger partial charge is 0.306 e. The quantitative estimate of drug-likeness (QED) is 0.771. The van der Waals surface area contributed by atoms with Crippen LogP contribution < -0.4 is 0 Å². The van der Waals surface area contributed by atoms with E-state index in [-0.39, 0.29) is 24.9 Å². The number of hydrogen-bond acceptors (Lipinski definition) is 4. The van der Waals surface area contributed by atoms with E-state index in [1.807, 2.05) is 0 Å². The molecule has 1 N–H and O–H groups in total. The number of hydrogen-bond donors (Lipinski definition) is 1. The van der Waals surface area contributed by atoms with E-state index >= 15 is 0 Å². The van der Waals surface area contributed by atoms with E-state index in [0.29, 0.717) is 6.61 Å². The number of aliphatic carboxylic acids is 1. The van der Waals surface area contributed by atoms with Crippen LogP contribution in [0.3, 0.4) is 0 Å². The average Bonchev–Trinajstić information content (AvgIpc) is 2.66. The van der Waals surface area contributed by atoms with Crippen LogP contribution in [0.2, 0.25) is 0 Å². The van der Waals surface area contributed by atoms with Crippen LogP contribution >= 0.6 is 0 Å². The topological polar surface area (TPSA) is 59.0 Å². The highest BCUT2D eigenvalue weighted by atomic mass is 16.7. The standard InChI is InChI=1S/C11H19NO4/c1-12-5-3-2-4-9(12)11-15-7-8(16-11)6-10(13)14/h8-9,11H,2-7H2,1H3,(H,13,14). The zero-order chi connectivity index (χ0) is 11.5. The number of ether oxygens (including phenoxy) is 2. The van der Waals surface area contributed by atoms with Crippen molar-refractivity contribution in [3.63, 3.8) is 0 Å². The molecular formula is C11H19NO4. The van der Waals surface area contributed by atoms with Gasteiger partial charge in [-0.05, 0) is 26.4 Å². The first kappa shape index (κ1) is 11.8. The first-order valence-corrected chi connectivity index (χ1v) is 5.86. The van der Waals surface area contributed by atoms with E-state index in [9.17, 15) is 4.79 Å². The summed E-state index contributed by atoms with van der Waals surface area (Å²) in [4.78, 5) is 12.8. The number of nitrogens with zero attached hydrogens (tertiary/aromatic N) is 1. The fourth-order valence-corrected chi connectivity index (χ4v) is 2.42. The predicted octanol–water partition coefficient (Wildman–Crippen LogP) is 0.687. The van der Waals surface area contributed by atoms with E-state index in [1.165, 1.54) is 12.8 Å². The molecule has 0 aromatic rings. The summed E-state index contributed by atoms with van der Waals surface area (Å²) in [7, 11) is 2.07. The molecule has 2 heterocycles. The van der Waals surface area contributed by atoms with Crippen molar-refractivity contribution in [2.24, 2.45) is 0 Å². The van der Waals surface area contributed by atoms with Gasteiger partial charge in [0, 0.05) is 0 Å². The number of likely N-dealkylation sites (N-methyl/N-ethyl adjacent to an activating group) is 1. The summed E-state index contributed by atoms with van der Waals surface area (Å²) in [6, 6.07) is 0.285. The van der Waals surface area contributed by atoms with Crippen molar-refractivity contribution in [2.45, 2.75) is 44.1 Å². The molecule has 2 rings (SSSR count). The minimum absolute atomic E-state index is 0.0347. The van der Waals surface area contributed by atoms with E-state index in [4.69, 9.17) is 14.6 Å². The summed E-state index contributed by atoms with van der Waals surface area (Å²) in [5.74, 6) is -0.828. The zero-order valence-corrected chi connectivity index (χ0v) is 9.59. The molecule has 5 heteroatoms. The summed E-state index contributed by atoms with van der Waals surface area (Å²) >= 11 is 0. The zero-order valence-electron chi connectivity index (χ0n) is 9.59. The minimum atomic E-state index is -0.828. The van der Waals surface area contributed by atoms with Gasteiger partial charge in [0.05, 0.1) is 25.2 Å². The molecule has 2 fully saturated rings. The molecule has 2 aliphatic heterocycles. The Hall–Kier alpha value is -0.650. The molecule has 5 nitrogen and oxygen atoms in total. The van der Waals surface area contributed by atoms with Crippen molar-refractivity contribution in [3.8, 4) is 0 Å². The average molecular weight is 229 g/mol. The van der Waals surface area contributed by atoms with Gasteiger partial charge in [-0.2, -0.15) is 0 Å². The summed E-state index contributed by atoms with van der Waals surface area (Å²) in [5, 5.41) is 8.68. The number of rotatable bonds is 3. The number of likely N-dealkylation sites (tertiary alicyclic amines) is 1. The highest BCUT2D eigenvalue weighted by Crippen LogP contribution is 2.25. The van der Waals surface area contributed by atoms with Crippen molar-refractivity contribution >= 4 is 5.97 Å². The fraction of sp³-hybridized carbons (Fsp3) is 0.909. The second-order valence-electron chi connectivity index (χ2n) is 4.60. The third-order valence-electron chi connectivity index (χ3n) is 3.32. The molecule has 0 aliphatic carbocycles. The Labute approximate surface area is 95.3 Å². The molecule has 92 valence electrons. The van der Waals surface area contributed by atoms with E-state index in [2.05, 4.69) is 11.9 Å². The molecule has 0 bridgehead atoms. The Morgan fingerprint density at radius 2 is 2.31 bits per heavy atom. The van der Waals surface area contributed by atoms with Gasteiger partial charge in [-0.15, -0.1) is 0 Å². The Kier molecular flexibility index (Phi) is 3.78. The van der Waals surface area contributed by atoms with Crippen LogP contribution in [0.15, 0.2) is 0 Å². The van der Waals surface area contributed by atoms with Crippen LogP contribution in [0.5, 0.6) is 0 Å². The van der Waals surface area contributed by atoms with Crippen molar-refractivity contribution in [2.75, 3.05) is 20.2 Å². The number of carbonyl (C=O) groups is 1. The highest BCUT2D eigenvalue weighted by molar-refractivity contribution is 5.67. The largest absolute Gasteiger partial charge is 0.481 e. The van der Waals surface area contributed by atoms with Crippen LogP contribution in [0.4, 0.5) is 0 Å². The summed E-state index contributed by atoms with van der Waals surface area (Å²) in [5.41, 5.74) is 0. The second-order valence-corrected chi connectivity index (χ2v) is 4.60. The number of piperidine rings is 1. The fourth-order valence-electron chi connectivity index (χ4n) is 2.42. The monoisotopic (exact) mass is 229 g/mol. The van der Waals surface area contributed by atoms with Crippen LogP contribution in [-0.4, -0.2) is 54.6 Å². The highest BCUT2D eigenvalue weighted by Gasteiger charge is 2.36. The van der Waals surface area contributed by atoms with E-state index in [0.717, 1.165) is 13.0 Å². The van der Waals surface area contributed by atoms with Gasteiger partial charge in [0.25, 0.3) is 0 Å². The van der Waals surface area contributed by atoms with E-state index in [1.54, 1.807) is 0 Å². The van der Waals surface area contributed by atoms with Crippen molar-refractivity contribution in [1.29, 1.82) is 0 Å². The lowest BCUT2D eigenvalue weighted by Crippen LogP contribution is -2.45. The van der Waals surface area contributed by atoms with Crippen LogP contribution in [0.25, 0.3) is 0 Å². The van der Waals surface area contributed by atoms with Crippen molar-refractivity contribution in [3.05, 3.63) is 0 Å². The Morgan fingerprint density at radius 1 is 1.50 bits per heavy atom. The van der Waals surface area contributed by atoms with Crippen molar-refractivity contribution in [1.82, 2.24) is 4.90 Å². The number of carboxylic acids is 1. The SMILES string of the molecule is CN1CCCCC1C1OCC(CC(=O)O)O1. The van der Waals surface area contributed by atoms with Gasteiger partial charge < -0.3 is 14.6 Å². The molecule has 0 radical (unpaired) electrons. The molecule has 0 aromatic carbocycles. The molecule has 3 atom stereocenters. The Morgan fingerprint density at radius 3 is 3.00 bits per heavy atom. The first-order chi connectivity index (χ1) is 7.66. The summed E-state index contributed by atoms with van der Waals surface area (Å²) in [6.45, 7) is 1.47. The Bertz CT molecular complexity index is 258. The van der Waals surface area contributed by atoms with Gasteiger partial charge in [0.1, 0.15) is 0 Å². The van der Waals surface area contributed by atoms with Crippen molar-refractivity contribution < 1.29 is 19.4 Å². The minimum Gasteiger partial charge on any atom is -0.481 e. The molecule has 0 amide bonds. The maximum atomic E-state index is 10.6. The molecule has 0 spiro atoms. The van der Waals surface area contributed by atoms with Crippen LogP contribution in [-0.2, 0) is 14.3 Å². The molecule has 0 saturated carbocycles. The van der Waals surface area contributed by atoms with Gasteiger partial charge in [-0.25, -0.2) is 0 Å². The lowest BCUT2D eigenvalue weighted by Gasteiger charge is -2.35. The lowest BCUT2D eigenvalue weighted by atomic mass is 10.0. The molecule has 16 heavy (non-hydrogen) atoms. The van der Waals surface area contributed by atoms with Gasteiger partial charge in [-0.3, -0.25) is 9.69 Å². The second kappa shape index (κ2) is 5.12. The van der Waals surface area contributed by atoms with Gasteiger partial charge in [0.15, 0.2) is 6.29 Å².